The summed E-state index contributed by atoms with van der Waals surface area (Å²) < 4.78 is 21.5. The predicted octanol–water partition coefficient (Wildman–Crippen LogP) is 1.66. The van der Waals surface area contributed by atoms with Crippen molar-refractivity contribution in [2.75, 3.05) is 11.1 Å². The van der Waals surface area contributed by atoms with Gasteiger partial charge in [0.1, 0.15) is 0 Å². The second kappa shape index (κ2) is 5.03. The summed E-state index contributed by atoms with van der Waals surface area (Å²) in [6, 6.07) is 9.06. The van der Waals surface area contributed by atoms with Crippen LogP contribution in [0.3, 0.4) is 0 Å². The van der Waals surface area contributed by atoms with E-state index in [1.807, 2.05) is 6.07 Å². The van der Waals surface area contributed by atoms with Crippen LogP contribution in [0.1, 0.15) is 10.4 Å². The third-order valence-corrected chi connectivity index (χ3v) is 3.93. The van der Waals surface area contributed by atoms with E-state index < -0.39 is 11.7 Å². The first-order chi connectivity index (χ1) is 9.65. The number of carbonyl (C=O) groups excluding carboxylic acids is 1. The molecule has 1 aromatic heterocycles. The van der Waals surface area contributed by atoms with Crippen molar-refractivity contribution in [2.24, 2.45) is 0 Å². The minimum atomic E-state index is -0.476. The molecule has 0 spiro atoms. The Bertz CT molecular complexity index is 802. The number of carbonyl (C=O) groups is 1. The summed E-state index contributed by atoms with van der Waals surface area (Å²) in [5, 5.41) is 2.73. The Morgan fingerprint density at radius 3 is 2.90 bits per heavy atom. The molecule has 20 heavy (non-hydrogen) atoms. The summed E-state index contributed by atoms with van der Waals surface area (Å²) >= 11 is -0.169. The van der Waals surface area contributed by atoms with Crippen LogP contribution in [0, 0.1) is 5.82 Å². The molecule has 3 aromatic rings. The van der Waals surface area contributed by atoms with E-state index in [0.29, 0.717) is 11.2 Å². The van der Waals surface area contributed by atoms with Crippen LogP contribution in [0.4, 0.5) is 15.8 Å². The number of anilines is 2. The Balaban J connectivity index is 1.94. The van der Waals surface area contributed by atoms with Gasteiger partial charge in [0.2, 0.25) is 0 Å². The molecule has 0 unspecified atom stereocenters. The summed E-state index contributed by atoms with van der Waals surface area (Å²) in [5.74, 6) is -0.873. The Labute approximate surface area is 119 Å². The number of amides is 1. The van der Waals surface area contributed by atoms with Crippen molar-refractivity contribution in [2.45, 2.75) is 0 Å². The van der Waals surface area contributed by atoms with Crippen molar-refractivity contribution in [3.63, 3.8) is 0 Å². The van der Waals surface area contributed by atoms with E-state index in [4.69, 9.17) is 5.73 Å². The van der Waals surface area contributed by atoms with Gasteiger partial charge in [0.05, 0.1) is 0 Å². The number of rotatable bonds is 2. The number of halogens is 1. The number of hydrogen-bond acceptors (Lipinski definition) is 4. The number of nitrogens with two attached hydrogens (primary N) is 1. The van der Waals surface area contributed by atoms with Crippen molar-refractivity contribution >= 4 is 43.3 Å². The van der Waals surface area contributed by atoms with E-state index in [2.05, 4.69) is 13.3 Å². The molecule has 0 atom stereocenters. The van der Waals surface area contributed by atoms with Crippen molar-refractivity contribution < 1.29 is 9.18 Å². The molecular formula is C13H9FN4OSe. The average Bonchev–Trinajstić information content (AvgIpc) is 2.87. The fraction of sp³-hybridized carbons (Fsp3) is 0. The molecular weight excluding hydrogens is 326 g/mol. The molecule has 100 valence electrons. The minimum absolute atomic E-state index is 0.0981. The van der Waals surface area contributed by atoms with Gasteiger partial charge in [-0.25, -0.2) is 0 Å². The summed E-state index contributed by atoms with van der Waals surface area (Å²) in [6.45, 7) is 0. The van der Waals surface area contributed by atoms with E-state index in [-0.39, 0.29) is 26.2 Å². The van der Waals surface area contributed by atoms with Crippen LogP contribution in [0.2, 0.25) is 0 Å². The van der Waals surface area contributed by atoms with E-state index in [0.717, 1.165) is 11.6 Å². The summed E-state index contributed by atoms with van der Waals surface area (Å²) in [7, 11) is 0. The van der Waals surface area contributed by atoms with Crippen LogP contribution >= 0.6 is 0 Å². The zero-order valence-corrected chi connectivity index (χ0v) is 11.8. The van der Waals surface area contributed by atoms with E-state index >= 15 is 0 Å². The third-order valence-electron chi connectivity index (χ3n) is 2.79. The van der Waals surface area contributed by atoms with Crippen LogP contribution in [-0.4, -0.2) is 28.8 Å². The van der Waals surface area contributed by atoms with Gasteiger partial charge >= 0.3 is 119 Å². The number of benzene rings is 2. The molecule has 7 heteroatoms. The molecule has 0 aliphatic heterocycles. The summed E-state index contributed by atoms with van der Waals surface area (Å²) in [4.78, 5) is 12.2. The topological polar surface area (TPSA) is 80.9 Å². The number of aromatic nitrogens is 2. The van der Waals surface area contributed by atoms with Crippen molar-refractivity contribution in [3.05, 3.63) is 47.8 Å². The maximum absolute atomic E-state index is 13.0. The van der Waals surface area contributed by atoms with Crippen molar-refractivity contribution in [1.29, 1.82) is 0 Å². The number of hydrogen-bond donors (Lipinski definition) is 2. The van der Waals surface area contributed by atoms with E-state index in [9.17, 15) is 9.18 Å². The molecule has 0 aliphatic rings. The number of nitrogens with zero attached hydrogens (tertiary/aromatic N) is 2. The van der Waals surface area contributed by atoms with Crippen molar-refractivity contribution in [3.8, 4) is 0 Å². The molecule has 0 bridgehead atoms. The first-order valence-electron chi connectivity index (χ1n) is 5.73. The summed E-state index contributed by atoms with van der Waals surface area (Å²) in [6.07, 6.45) is 0. The first-order valence-corrected chi connectivity index (χ1v) is 7.26. The summed E-state index contributed by atoms with van der Waals surface area (Å²) in [5.41, 5.74) is 8.01. The van der Waals surface area contributed by atoms with Gasteiger partial charge in [0.15, 0.2) is 0 Å². The Morgan fingerprint density at radius 1 is 1.25 bits per heavy atom. The molecule has 3 N–H and O–H groups in total. The molecule has 1 heterocycles. The molecule has 0 radical (unpaired) electrons. The van der Waals surface area contributed by atoms with Gasteiger partial charge in [0.25, 0.3) is 0 Å². The van der Waals surface area contributed by atoms with Gasteiger partial charge in [-0.3, -0.25) is 0 Å². The Kier molecular flexibility index (Phi) is 3.21. The van der Waals surface area contributed by atoms with Crippen LogP contribution in [0.15, 0.2) is 36.4 Å². The fourth-order valence-corrected chi connectivity index (χ4v) is 2.99. The molecule has 0 aliphatic carbocycles. The number of nitrogen functional groups attached to an aromatic ring is 1. The Morgan fingerprint density at radius 2 is 2.10 bits per heavy atom. The second-order valence-corrected chi connectivity index (χ2v) is 5.23. The molecule has 0 saturated heterocycles. The standard InChI is InChI=1S/C13H9FN4OSe/c14-7-4-5-8(9(15)6-7)13(19)16-10-2-1-3-11-12(10)18-20-17-11/h1-6H,15H2,(H,16,19). The maximum atomic E-state index is 13.0. The average molecular weight is 335 g/mol. The van der Waals surface area contributed by atoms with Gasteiger partial charge in [-0.15, -0.1) is 0 Å². The van der Waals surface area contributed by atoms with Crippen molar-refractivity contribution in [1.82, 2.24) is 7.96 Å². The zero-order chi connectivity index (χ0) is 14.1. The first kappa shape index (κ1) is 12.8. The van der Waals surface area contributed by atoms with Gasteiger partial charge in [-0.2, -0.15) is 0 Å². The third kappa shape index (κ3) is 2.29. The molecule has 3 rings (SSSR count). The fourth-order valence-electron chi connectivity index (χ4n) is 1.84. The predicted molar refractivity (Wildman–Crippen MR) is 75.2 cm³/mol. The van der Waals surface area contributed by atoms with Crippen LogP contribution in [0.5, 0.6) is 0 Å². The monoisotopic (exact) mass is 336 g/mol. The second-order valence-electron chi connectivity index (χ2n) is 4.12. The van der Waals surface area contributed by atoms with Crippen LogP contribution in [0.25, 0.3) is 11.0 Å². The van der Waals surface area contributed by atoms with E-state index in [1.54, 1.807) is 12.1 Å². The Hall–Kier alpha value is -2.24. The van der Waals surface area contributed by atoms with Gasteiger partial charge in [-0.1, -0.05) is 0 Å². The van der Waals surface area contributed by atoms with Crippen LogP contribution < -0.4 is 11.1 Å². The number of nitrogens with one attached hydrogen (secondary N) is 1. The van der Waals surface area contributed by atoms with Gasteiger partial charge < -0.3 is 0 Å². The molecule has 0 saturated carbocycles. The van der Waals surface area contributed by atoms with Crippen LogP contribution in [-0.2, 0) is 0 Å². The number of fused-ring (bicyclic) bond motifs is 1. The molecule has 0 fully saturated rings. The molecule has 1 amide bonds. The molecule has 2 aromatic carbocycles. The van der Waals surface area contributed by atoms with E-state index in [1.165, 1.54) is 12.1 Å². The zero-order valence-electron chi connectivity index (χ0n) is 10.1. The quantitative estimate of drug-likeness (QED) is 0.551. The molecule has 5 nitrogen and oxygen atoms in total. The van der Waals surface area contributed by atoms with Gasteiger partial charge in [-0.05, 0) is 0 Å². The van der Waals surface area contributed by atoms with Gasteiger partial charge in [0, 0.05) is 0 Å². The SMILES string of the molecule is Nc1cc(F)ccc1C(=O)Nc1cccc2n[se]nc12. The normalized spacial score (nSPS) is 10.7.